The molecule has 1 aliphatic carbocycles. The molecular formula is C26H24ClF8N11O. The summed E-state index contributed by atoms with van der Waals surface area (Å²) in [5.74, 6) is -0.264. The number of nitrogens with one attached hydrogen (secondary N) is 2. The third-order valence-electron chi connectivity index (χ3n) is 7.15. The number of carbonyl (C=O) groups excluding carboxylic acids is 1. The second kappa shape index (κ2) is 13.2. The number of aromatic nitrogens is 8. The van der Waals surface area contributed by atoms with Crippen molar-refractivity contribution in [3.63, 3.8) is 0 Å². The van der Waals surface area contributed by atoms with Crippen molar-refractivity contribution in [2.24, 2.45) is 7.05 Å². The lowest BCUT2D eigenvalue weighted by Crippen LogP contribution is -2.50. The van der Waals surface area contributed by atoms with Gasteiger partial charge in [-0.2, -0.15) is 45.3 Å². The van der Waals surface area contributed by atoms with Crippen LogP contribution in [-0.2, 0) is 13.2 Å². The first-order chi connectivity index (χ1) is 22.1. The molecule has 0 radical (unpaired) electrons. The summed E-state index contributed by atoms with van der Waals surface area (Å²) in [4.78, 5) is 30.3. The SMILES string of the molecule is Cn1cc(-c2cnc(N(C(=O)NCC(F)(F)F)C3CCC(Nc4ncc(C(F)(F)F)c(-c5nn(C(F)F)cc5Cl)n4)CC3)cn2)cn1. The van der Waals surface area contributed by atoms with Crippen LogP contribution in [0.25, 0.3) is 22.6 Å². The summed E-state index contributed by atoms with van der Waals surface area (Å²) in [7, 11) is 1.70. The number of hydrogen-bond acceptors (Lipinski definition) is 8. The van der Waals surface area contributed by atoms with E-state index in [4.69, 9.17) is 11.6 Å². The number of anilines is 2. The smallest absolute Gasteiger partial charge is 0.351 e. The zero-order valence-electron chi connectivity index (χ0n) is 24.1. The average molecular weight is 694 g/mol. The number of urea groups is 1. The van der Waals surface area contributed by atoms with Crippen molar-refractivity contribution < 1.29 is 39.9 Å². The van der Waals surface area contributed by atoms with Gasteiger partial charge in [0, 0.05) is 37.1 Å². The Morgan fingerprint density at radius 1 is 1.00 bits per heavy atom. The van der Waals surface area contributed by atoms with Gasteiger partial charge in [0.1, 0.15) is 23.5 Å². The standard InChI is InChI=1S/C26H24ClF8N11O/c1-44-10-13(6-40-44)18-8-37-19(9-36-18)46(24(47)39-12-25(30,31)32)15-4-2-14(3-5-15)41-23-38-7-16(26(33,34)35)20(42-23)21-17(27)11-45(43-21)22(28)29/h6-11,14-15,22H,2-5,12H2,1H3,(H,39,47)(H,38,41,42). The fourth-order valence-electron chi connectivity index (χ4n) is 5.00. The van der Waals surface area contributed by atoms with E-state index in [2.05, 4.69) is 35.5 Å². The van der Waals surface area contributed by atoms with Gasteiger partial charge in [-0.3, -0.25) is 14.6 Å². The second-order valence-corrected chi connectivity index (χ2v) is 10.9. The highest BCUT2D eigenvalue weighted by Gasteiger charge is 2.38. The minimum atomic E-state index is -4.96. The van der Waals surface area contributed by atoms with Crippen molar-refractivity contribution in [3.8, 4) is 22.6 Å². The molecule has 2 N–H and O–H groups in total. The van der Waals surface area contributed by atoms with Crippen LogP contribution in [0.2, 0.25) is 5.02 Å². The molecule has 1 saturated carbocycles. The molecule has 1 aliphatic rings. The number of carbonyl (C=O) groups is 1. The summed E-state index contributed by atoms with van der Waals surface area (Å²) in [5.41, 5.74) is -1.73. The van der Waals surface area contributed by atoms with Crippen molar-refractivity contribution in [3.05, 3.63) is 47.8 Å². The molecule has 12 nitrogen and oxygen atoms in total. The van der Waals surface area contributed by atoms with Crippen LogP contribution in [0.5, 0.6) is 0 Å². The fraction of sp³-hybridized carbons (Fsp3) is 0.423. The van der Waals surface area contributed by atoms with Gasteiger partial charge in [-0.1, -0.05) is 11.6 Å². The zero-order chi connectivity index (χ0) is 34.1. The monoisotopic (exact) mass is 693 g/mol. The Balaban J connectivity index is 1.33. The molecule has 0 bridgehead atoms. The highest BCUT2D eigenvalue weighted by atomic mass is 35.5. The van der Waals surface area contributed by atoms with E-state index in [-0.39, 0.29) is 42.1 Å². The van der Waals surface area contributed by atoms with Crippen LogP contribution in [0.1, 0.15) is 37.8 Å². The van der Waals surface area contributed by atoms with Crippen molar-refractivity contribution in [2.45, 2.75) is 56.7 Å². The number of amides is 2. The molecule has 2 amide bonds. The fourth-order valence-corrected chi connectivity index (χ4v) is 5.22. The van der Waals surface area contributed by atoms with E-state index in [1.54, 1.807) is 24.1 Å². The van der Waals surface area contributed by atoms with Crippen molar-refractivity contribution >= 4 is 29.4 Å². The van der Waals surface area contributed by atoms with Gasteiger partial charge in [0.15, 0.2) is 5.82 Å². The van der Waals surface area contributed by atoms with Gasteiger partial charge < -0.3 is 10.6 Å². The number of alkyl halides is 8. The van der Waals surface area contributed by atoms with Crippen molar-refractivity contribution in [1.82, 2.24) is 44.8 Å². The van der Waals surface area contributed by atoms with E-state index >= 15 is 0 Å². The van der Waals surface area contributed by atoms with Gasteiger partial charge in [0.25, 0.3) is 0 Å². The maximum atomic E-state index is 13.7. The number of hydrogen-bond donors (Lipinski definition) is 2. The van der Waals surface area contributed by atoms with E-state index < -0.39 is 65.5 Å². The van der Waals surface area contributed by atoms with Crippen LogP contribution < -0.4 is 15.5 Å². The van der Waals surface area contributed by atoms with Crippen LogP contribution in [0.15, 0.2) is 37.2 Å². The molecular weight excluding hydrogens is 670 g/mol. The summed E-state index contributed by atoms with van der Waals surface area (Å²) >= 11 is 5.92. The Labute approximate surface area is 265 Å². The van der Waals surface area contributed by atoms with Gasteiger partial charge in [0.2, 0.25) is 5.95 Å². The van der Waals surface area contributed by atoms with E-state index in [1.807, 2.05) is 5.32 Å². The van der Waals surface area contributed by atoms with E-state index in [1.165, 1.54) is 12.4 Å². The molecule has 5 rings (SSSR count). The summed E-state index contributed by atoms with van der Waals surface area (Å²) < 4.78 is 108. The molecule has 0 atom stereocenters. The zero-order valence-corrected chi connectivity index (χ0v) is 24.8. The first-order valence-electron chi connectivity index (χ1n) is 13.8. The van der Waals surface area contributed by atoms with Crippen molar-refractivity contribution in [2.75, 3.05) is 16.8 Å². The lowest BCUT2D eigenvalue weighted by molar-refractivity contribution is -0.137. The van der Waals surface area contributed by atoms with E-state index in [9.17, 15) is 39.9 Å². The molecule has 0 spiro atoms. The van der Waals surface area contributed by atoms with Gasteiger partial charge >= 0.3 is 24.9 Å². The van der Waals surface area contributed by atoms with Gasteiger partial charge in [0.05, 0.1) is 35.5 Å². The molecule has 0 saturated heterocycles. The second-order valence-electron chi connectivity index (χ2n) is 10.5. The summed E-state index contributed by atoms with van der Waals surface area (Å²) in [6, 6.07) is -2.11. The van der Waals surface area contributed by atoms with Crippen LogP contribution in [-0.4, -0.2) is 70.3 Å². The number of aryl methyl sites for hydroxylation is 1. The van der Waals surface area contributed by atoms with Crippen LogP contribution in [0.4, 0.5) is 51.7 Å². The van der Waals surface area contributed by atoms with E-state index in [0.29, 0.717) is 23.7 Å². The molecule has 4 heterocycles. The van der Waals surface area contributed by atoms with Gasteiger partial charge in [-0.05, 0) is 25.7 Å². The first kappa shape index (κ1) is 33.7. The molecule has 252 valence electrons. The lowest BCUT2D eigenvalue weighted by atomic mass is 9.90. The topological polar surface area (TPSA) is 132 Å². The largest absolute Gasteiger partial charge is 0.420 e. The Morgan fingerprint density at radius 2 is 1.72 bits per heavy atom. The Morgan fingerprint density at radius 3 is 2.28 bits per heavy atom. The van der Waals surface area contributed by atoms with Crippen LogP contribution >= 0.6 is 11.6 Å². The highest BCUT2D eigenvalue weighted by molar-refractivity contribution is 6.33. The third kappa shape index (κ3) is 8.03. The molecule has 0 unspecified atom stereocenters. The van der Waals surface area contributed by atoms with Crippen LogP contribution in [0.3, 0.4) is 0 Å². The Bertz CT molecular complexity index is 1700. The molecule has 4 aromatic rings. The summed E-state index contributed by atoms with van der Waals surface area (Å²) in [6.07, 6.45) is -1.58. The Hall–Kier alpha value is -4.62. The molecule has 1 fully saturated rings. The number of nitrogens with zero attached hydrogens (tertiary/aromatic N) is 9. The predicted molar refractivity (Wildman–Crippen MR) is 150 cm³/mol. The molecule has 21 heteroatoms. The van der Waals surface area contributed by atoms with Crippen molar-refractivity contribution in [1.29, 1.82) is 0 Å². The number of rotatable bonds is 8. The highest BCUT2D eigenvalue weighted by Crippen LogP contribution is 2.38. The van der Waals surface area contributed by atoms with Gasteiger partial charge in [-0.25, -0.2) is 24.4 Å². The molecule has 47 heavy (non-hydrogen) atoms. The maximum absolute atomic E-state index is 13.7. The lowest BCUT2D eigenvalue weighted by Gasteiger charge is -2.36. The van der Waals surface area contributed by atoms with Gasteiger partial charge in [-0.15, -0.1) is 0 Å². The Kier molecular flexibility index (Phi) is 9.51. The quantitative estimate of drug-likeness (QED) is 0.212. The van der Waals surface area contributed by atoms with E-state index in [0.717, 1.165) is 4.90 Å². The molecule has 4 aromatic heterocycles. The first-order valence-corrected chi connectivity index (χ1v) is 14.2. The average Bonchev–Trinajstić information content (AvgIpc) is 3.62. The predicted octanol–water partition coefficient (Wildman–Crippen LogP) is 6.10. The molecule has 0 aromatic carbocycles. The third-order valence-corrected chi connectivity index (χ3v) is 7.42. The number of halogens is 9. The summed E-state index contributed by atoms with van der Waals surface area (Å²) in [5, 5.41) is 11.8. The molecule has 0 aliphatic heterocycles. The summed E-state index contributed by atoms with van der Waals surface area (Å²) in [6.45, 7) is -4.74. The normalized spacial score (nSPS) is 17.2. The maximum Gasteiger partial charge on any atom is 0.420 e. The minimum Gasteiger partial charge on any atom is -0.351 e. The minimum absolute atomic E-state index is 0.00421. The van der Waals surface area contributed by atoms with Crippen LogP contribution in [0, 0.1) is 0 Å².